The number of rotatable bonds is 8. The van der Waals surface area contributed by atoms with Crippen LogP contribution in [-0.2, 0) is 20.6 Å². The Bertz CT molecular complexity index is 1700. The van der Waals surface area contributed by atoms with Gasteiger partial charge in [-0.15, -0.1) is 0 Å². The minimum absolute atomic E-state index is 0.00330. The highest BCUT2D eigenvalue weighted by Crippen LogP contribution is 2.38. The van der Waals surface area contributed by atoms with Gasteiger partial charge in [-0.05, 0) is 63.4 Å². The standard InChI is InChI=1S/C30H27F3N6O6/c1-29(2)27(44)38(17-9-8-16(15-34)19(14-17)30(31,32)33)28(45)37(29)13-4-3-12-35-20-7-5-6-18-23(20)26(43)39(25(18)42)21-10-11-22(40)36-24(21)41/h5-9,14,21,35H,3-4,10-13H2,1-2H3,(H,36,40,41). The molecule has 0 aromatic heterocycles. The van der Waals surface area contributed by atoms with Gasteiger partial charge in [0, 0.05) is 25.2 Å². The summed E-state index contributed by atoms with van der Waals surface area (Å²) in [5.41, 5.74) is -2.95. The van der Waals surface area contributed by atoms with Crippen molar-refractivity contribution >= 4 is 46.9 Å². The van der Waals surface area contributed by atoms with Crippen molar-refractivity contribution in [3.8, 4) is 6.07 Å². The van der Waals surface area contributed by atoms with E-state index in [1.165, 1.54) is 30.9 Å². The monoisotopic (exact) mass is 624 g/mol. The van der Waals surface area contributed by atoms with Gasteiger partial charge in [0.1, 0.15) is 11.6 Å². The Labute approximate surface area is 254 Å². The van der Waals surface area contributed by atoms with Crippen LogP contribution in [0.1, 0.15) is 71.4 Å². The Morgan fingerprint density at radius 3 is 2.44 bits per heavy atom. The van der Waals surface area contributed by atoms with E-state index in [-0.39, 0.29) is 36.2 Å². The molecule has 2 fully saturated rings. The van der Waals surface area contributed by atoms with Crippen LogP contribution in [0.3, 0.4) is 0 Å². The number of hydrogen-bond acceptors (Lipinski definition) is 8. The molecule has 0 bridgehead atoms. The first-order valence-corrected chi connectivity index (χ1v) is 14.0. The molecule has 3 aliphatic heterocycles. The number of piperidine rings is 1. The van der Waals surface area contributed by atoms with Gasteiger partial charge in [0.2, 0.25) is 11.8 Å². The van der Waals surface area contributed by atoms with Crippen molar-refractivity contribution in [2.75, 3.05) is 23.3 Å². The zero-order valence-corrected chi connectivity index (χ0v) is 24.2. The second kappa shape index (κ2) is 11.3. The van der Waals surface area contributed by atoms with Crippen LogP contribution >= 0.6 is 0 Å². The number of alkyl halides is 3. The first kappa shape index (κ1) is 31.2. The normalized spacial score (nSPS) is 19.6. The number of nitriles is 1. The molecule has 0 spiro atoms. The third kappa shape index (κ3) is 5.36. The first-order chi connectivity index (χ1) is 21.2. The molecule has 2 N–H and O–H groups in total. The zero-order valence-electron chi connectivity index (χ0n) is 24.2. The van der Waals surface area contributed by atoms with Gasteiger partial charge in [0.25, 0.3) is 17.7 Å². The van der Waals surface area contributed by atoms with E-state index < -0.39 is 64.5 Å². The summed E-state index contributed by atoms with van der Waals surface area (Å²) in [5.74, 6) is -3.20. The van der Waals surface area contributed by atoms with Crippen LogP contribution in [0.2, 0.25) is 0 Å². The van der Waals surface area contributed by atoms with Crippen molar-refractivity contribution in [2.24, 2.45) is 0 Å². The van der Waals surface area contributed by atoms with Gasteiger partial charge in [-0.3, -0.25) is 34.2 Å². The maximum absolute atomic E-state index is 13.5. The Hall–Kier alpha value is -5.26. The smallest absolute Gasteiger partial charge is 0.384 e. The van der Waals surface area contributed by atoms with E-state index in [2.05, 4.69) is 10.6 Å². The van der Waals surface area contributed by atoms with E-state index in [1.807, 2.05) is 0 Å². The Balaban J connectivity index is 1.23. The van der Waals surface area contributed by atoms with E-state index in [1.54, 1.807) is 12.1 Å². The predicted octanol–water partition coefficient (Wildman–Crippen LogP) is 3.42. The molecular formula is C30H27F3N6O6. The Kier molecular flexibility index (Phi) is 7.86. The average molecular weight is 625 g/mol. The van der Waals surface area contributed by atoms with Crippen molar-refractivity contribution in [1.82, 2.24) is 15.1 Å². The topological polar surface area (TPSA) is 160 Å². The molecule has 1 unspecified atom stereocenters. The summed E-state index contributed by atoms with van der Waals surface area (Å²) in [6, 6.07) is 6.89. The van der Waals surface area contributed by atoms with Crippen LogP contribution in [0.4, 0.5) is 29.3 Å². The molecule has 15 heteroatoms. The molecule has 3 aliphatic rings. The maximum Gasteiger partial charge on any atom is 0.417 e. The van der Waals surface area contributed by atoms with Crippen LogP contribution < -0.4 is 15.5 Å². The minimum atomic E-state index is -4.87. The van der Waals surface area contributed by atoms with E-state index in [9.17, 15) is 41.9 Å². The molecular weight excluding hydrogens is 597 g/mol. The number of amides is 7. The zero-order chi connectivity index (χ0) is 32.8. The van der Waals surface area contributed by atoms with Crippen molar-refractivity contribution in [2.45, 2.75) is 57.3 Å². The molecule has 2 aromatic rings. The molecule has 234 valence electrons. The van der Waals surface area contributed by atoms with Crippen LogP contribution in [0.5, 0.6) is 0 Å². The van der Waals surface area contributed by atoms with Gasteiger partial charge in [-0.1, -0.05) is 6.07 Å². The predicted molar refractivity (Wildman–Crippen MR) is 151 cm³/mol. The number of halogens is 3. The molecule has 7 amide bonds. The Morgan fingerprint density at radius 2 is 1.78 bits per heavy atom. The van der Waals surface area contributed by atoms with E-state index in [4.69, 9.17) is 5.26 Å². The van der Waals surface area contributed by atoms with Crippen molar-refractivity contribution in [1.29, 1.82) is 5.26 Å². The van der Waals surface area contributed by atoms with E-state index >= 15 is 0 Å². The number of carbonyl (C=O) groups excluding carboxylic acids is 6. The molecule has 0 saturated carbocycles. The molecule has 5 rings (SSSR count). The molecule has 45 heavy (non-hydrogen) atoms. The number of unbranched alkanes of at least 4 members (excludes halogenated alkanes) is 1. The molecule has 0 radical (unpaired) electrons. The summed E-state index contributed by atoms with van der Waals surface area (Å²) in [6.07, 6.45) is -4.04. The van der Waals surface area contributed by atoms with Crippen LogP contribution in [-0.4, -0.2) is 70.0 Å². The lowest BCUT2D eigenvalue weighted by atomic mass is 10.0. The molecule has 0 aliphatic carbocycles. The van der Waals surface area contributed by atoms with Gasteiger partial charge in [-0.25, -0.2) is 9.69 Å². The van der Waals surface area contributed by atoms with Crippen LogP contribution in [0.25, 0.3) is 0 Å². The summed E-state index contributed by atoms with van der Waals surface area (Å²) < 4.78 is 40.5. The van der Waals surface area contributed by atoms with Gasteiger partial charge in [-0.2, -0.15) is 18.4 Å². The van der Waals surface area contributed by atoms with Crippen molar-refractivity contribution < 1.29 is 41.9 Å². The van der Waals surface area contributed by atoms with Crippen LogP contribution in [0.15, 0.2) is 36.4 Å². The number of nitrogens with zero attached hydrogens (tertiary/aromatic N) is 4. The number of imide groups is 3. The fourth-order valence-corrected chi connectivity index (χ4v) is 5.72. The van der Waals surface area contributed by atoms with E-state index in [0.717, 1.165) is 17.0 Å². The maximum atomic E-state index is 13.5. The van der Waals surface area contributed by atoms with Gasteiger partial charge in [0.15, 0.2) is 0 Å². The number of hydrogen-bond donors (Lipinski definition) is 2. The lowest BCUT2D eigenvalue weighted by Gasteiger charge is -2.28. The van der Waals surface area contributed by atoms with E-state index in [0.29, 0.717) is 36.0 Å². The highest BCUT2D eigenvalue weighted by atomic mass is 19.4. The third-order valence-corrected chi connectivity index (χ3v) is 8.10. The number of benzene rings is 2. The summed E-state index contributed by atoms with van der Waals surface area (Å²) in [6.45, 7) is 3.36. The van der Waals surface area contributed by atoms with Gasteiger partial charge >= 0.3 is 12.2 Å². The van der Waals surface area contributed by atoms with Crippen molar-refractivity contribution in [3.63, 3.8) is 0 Å². The second-order valence-corrected chi connectivity index (χ2v) is 11.3. The fourth-order valence-electron chi connectivity index (χ4n) is 5.72. The lowest BCUT2D eigenvalue weighted by molar-refractivity contribution is -0.138. The molecule has 2 aromatic carbocycles. The van der Waals surface area contributed by atoms with Gasteiger partial charge < -0.3 is 10.2 Å². The first-order valence-electron chi connectivity index (χ1n) is 14.0. The number of anilines is 2. The largest absolute Gasteiger partial charge is 0.417 e. The molecule has 1 atom stereocenters. The molecule has 2 saturated heterocycles. The number of nitrogens with one attached hydrogen (secondary N) is 2. The lowest BCUT2D eigenvalue weighted by Crippen LogP contribution is -2.54. The number of urea groups is 1. The fraction of sp³-hybridized carbons (Fsp3) is 0.367. The highest BCUT2D eigenvalue weighted by Gasteiger charge is 2.52. The Morgan fingerprint density at radius 1 is 1.04 bits per heavy atom. The summed E-state index contributed by atoms with van der Waals surface area (Å²) >= 11 is 0. The summed E-state index contributed by atoms with van der Waals surface area (Å²) in [5, 5.41) is 14.3. The summed E-state index contributed by atoms with van der Waals surface area (Å²) in [4.78, 5) is 79.4. The third-order valence-electron chi connectivity index (χ3n) is 8.10. The number of carbonyl (C=O) groups is 6. The van der Waals surface area contributed by atoms with Gasteiger partial charge in [0.05, 0.1) is 34.0 Å². The molecule has 12 nitrogen and oxygen atoms in total. The minimum Gasteiger partial charge on any atom is -0.384 e. The second-order valence-electron chi connectivity index (χ2n) is 11.3. The van der Waals surface area contributed by atoms with Crippen molar-refractivity contribution in [3.05, 3.63) is 58.7 Å². The SMILES string of the molecule is CC1(C)C(=O)N(c2ccc(C#N)c(C(F)(F)F)c2)C(=O)N1CCCCNc1cccc2c1C(=O)N(C1CCC(=O)NC1=O)C2=O. The number of fused-ring (bicyclic) bond motifs is 1. The van der Waals surface area contributed by atoms with Crippen LogP contribution in [0, 0.1) is 11.3 Å². The average Bonchev–Trinajstić information content (AvgIpc) is 3.33. The molecule has 3 heterocycles. The summed E-state index contributed by atoms with van der Waals surface area (Å²) in [7, 11) is 0. The highest BCUT2D eigenvalue weighted by molar-refractivity contribution is 6.25. The quantitative estimate of drug-likeness (QED) is 0.257.